The first-order chi connectivity index (χ1) is 11.0. The maximum Gasteiger partial charge on any atom is 0.188 e. The summed E-state index contributed by atoms with van der Waals surface area (Å²) in [5.41, 5.74) is -0.476. The van der Waals surface area contributed by atoms with Crippen molar-refractivity contribution in [1.82, 2.24) is 4.90 Å². The van der Waals surface area contributed by atoms with Crippen molar-refractivity contribution in [3.63, 3.8) is 0 Å². The maximum atomic E-state index is 9.55. The largest absolute Gasteiger partial charge is 0.396 e. The van der Waals surface area contributed by atoms with Gasteiger partial charge in [-0.1, -0.05) is 26.8 Å². The molecule has 0 amide bonds. The first kappa shape index (κ1) is 18.9. The van der Waals surface area contributed by atoms with E-state index in [0.717, 1.165) is 38.9 Å². The van der Waals surface area contributed by atoms with Crippen molar-refractivity contribution in [1.29, 1.82) is 0 Å². The molecule has 23 heavy (non-hydrogen) atoms. The molecule has 0 aromatic heterocycles. The Kier molecular flexibility index (Phi) is 6.63. The fourth-order valence-electron chi connectivity index (χ4n) is 3.54. The lowest BCUT2D eigenvalue weighted by Crippen LogP contribution is -2.40. The van der Waals surface area contributed by atoms with Crippen molar-refractivity contribution in [2.24, 2.45) is 11.3 Å². The molecule has 1 aliphatic heterocycles. The fraction of sp³-hybridized carbons (Fsp3) is 0.889. The molecule has 1 aliphatic carbocycles. The van der Waals surface area contributed by atoms with Gasteiger partial charge < -0.3 is 24.6 Å². The van der Waals surface area contributed by atoms with Crippen molar-refractivity contribution in [3.05, 3.63) is 12.2 Å². The van der Waals surface area contributed by atoms with Gasteiger partial charge in [-0.15, -0.1) is 0 Å². The molecule has 0 aromatic rings. The zero-order valence-electron chi connectivity index (χ0n) is 14.8. The van der Waals surface area contributed by atoms with Crippen LogP contribution >= 0.6 is 0 Å². The van der Waals surface area contributed by atoms with E-state index in [1.165, 1.54) is 0 Å². The third kappa shape index (κ3) is 4.34. The lowest BCUT2D eigenvalue weighted by molar-refractivity contribution is -0.145. The summed E-state index contributed by atoms with van der Waals surface area (Å²) in [6.07, 6.45) is 6.95. The van der Waals surface area contributed by atoms with Gasteiger partial charge in [-0.05, 0) is 37.9 Å². The van der Waals surface area contributed by atoms with Crippen molar-refractivity contribution in [2.45, 2.75) is 51.9 Å². The van der Waals surface area contributed by atoms with Crippen molar-refractivity contribution in [3.8, 4) is 0 Å². The lowest BCUT2D eigenvalue weighted by Gasteiger charge is -2.38. The third-order valence-corrected chi connectivity index (χ3v) is 5.33. The predicted molar refractivity (Wildman–Crippen MR) is 90.1 cm³/mol. The molecule has 0 aromatic carbocycles. The normalized spacial score (nSPS) is 31.4. The number of aliphatic hydroxyl groups is 2. The van der Waals surface area contributed by atoms with E-state index in [4.69, 9.17) is 9.47 Å². The van der Waals surface area contributed by atoms with E-state index in [9.17, 15) is 10.2 Å². The second kappa shape index (κ2) is 8.08. The topological polar surface area (TPSA) is 62.2 Å². The van der Waals surface area contributed by atoms with E-state index >= 15 is 0 Å². The summed E-state index contributed by atoms with van der Waals surface area (Å²) in [5, 5.41) is 19.1. The summed E-state index contributed by atoms with van der Waals surface area (Å²) in [6.45, 7) is 9.92. The molecular formula is C18H33NO4. The van der Waals surface area contributed by atoms with Crippen LogP contribution in [0.3, 0.4) is 0 Å². The Morgan fingerprint density at radius 2 is 2.04 bits per heavy atom. The first-order valence-electron chi connectivity index (χ1n) is 8.96. The van der Waals surface area contributed by atoms with Crippen LogP contribution < -0.4 is 0 Å². The molecule has 2 rings (SSSR count). The number of allylic oxidation sites excluding steroid dienone is 1. The van der Waals surface area contributed by atoms with Gasteiger partial charge in [0.05, 0.1) is 25.9 Å². The molecule has 5 heteroatoms. The Morgan fingerprint density at radius 1 is 1.30 bits per heavy atom. The summed E-state index contributed by atoms with van der Waals surface area (Å²) in [5.74, 6) is -0.444. The molecule has 0 bridgehead atoms. The Balaban J connectivity index is 1.93. The minimum atomic E-state index is -0.599. The number of likely N-dealkylation sites (N-methyl/N-ethyl adjacent to an activating group) is 1. The van der Waals surface area contributed by atoms with Crippen LogP contribution in [-0.4, -0.2) is 66.5 Å². The number of nitrogens with zero attached hydrogens (tertiary/aromatic N) is 1. The van der Waals surface area contributed by atoms with Crippen LogP contribution in [0.1, 0.15) is 40.0 Å². The SMILES string of the molecule is CCCN(CC)CC1COC2(C=CC(C(C)(CO)CO)CC2)O1. The van der Waals surface area contributed by atoms with E-state index in [1.807, 2.05) is 13.0 Å². The van der Waals surface area contributed by atoms with Gasteiger partial charge in [0.15, 0.2) is 5.79 Å². The van der Waals surface area contributed by atoms with Crippen LogP contribution in [0.4, 0.5) is 0 Å². The highest BCUT2D eigenvalue weighted by Gasteiger charge is 2.44. The molecule has 0 saturated carbocycles. The van der Waals surface area contributed by atoms with E-state index in [-0.39, 0.29) is 25.2 Å². The van der Waals surface area contributed by atoms with E-state index < -0.39 is 11.2 Å². The van der Waals surface area contributed by atoms with Crippen molar-refractivity contribution >= 4 is 0 Å². The van der Waals surface area contributed by atoms with Gasteiger partial charge >= 0.3 is 0 Å². The summed E-state index contributed by atoms with van der Waals surface area (Å²) in [7, 11) is 0. The van der Waals surface area contributed by atoms with Crippen molar-refractivity contribution in [2.75, 3.05) is 39.5 Å². The minimum Gasteiger partial charge on any atom is -0.396 e. The second-order valence-electron chi connectivity index (χ2n) is 7.23. The number of aliphatic hydroxyl groups excluding tert-OH is 2. The van der Waals surface area contributed by atoms with E-state index in [2.05, 4.69) is 24.8 Å². The van der Waals surface area contributed by atoms with Gasteiger partial charge in [-0.3, -0.25) is 0 Å². The third-order valence-electron chi connectivity index (χ3n) is 5.33. The molecule has 0 radical (unpaired) electrons. The summed E-state index contributed by atoms with van der Waals surface area (Å²) >= 11 is 0. The van der Waals surface area contributed by atoms with Gasteiger partial charge in [-0.25, -0.2) is 0 Å². The van der Waals surface area contributed by atoms with E-state index in [1.54, 1.807) is 0 Å². The lowest BCUT2D eigenvalue weighted by atomic mass is 9.73. The maximum absolute atomic E-state index is 9.55. The monoisotopic (exact) mass is 327 g/mol. The highest BCUT2D eigenvalue weighted by Crippen LogP contribution is 2.41. The summed E-state index contributed by atoms with van der Waals surface area (Å²) in [4.78, 5) is 2.40. The van der Waals surface area contributed by atoms with Gasteiger partial charge in [-0.2, -0.15) is 0 Å². The van der Waals surface area contributed by atoms with Gasteiger partial charge in [0, 0.05) is 18.4 Å². The second-order valence-corrected chi connectivity index (χ2v) is 7.23. The van der Waals surface area contributed by atoms with Crippen LogP contribution in [-0.2, 0) is 9.47 Å². The van der Waals surface area contributed by atoms with Crippen LogP contribution in [0, 0.1) is 11.3 Å². The van der Waals surface area contributed by atoms with Gasteiger partial charge in [0.1, 0.15) is 0 Å². The first-order valence-corrected chi connectivity index (χ1v) is 8.96. The van der Waals surface area contributed by atoms with Gasteiger partial charge in [0.25, 0.3) is 0 Å². The molecule has 134 valence electrons. The Morgan fingerprint density at radius 3 is 2.57 bits per heavy atom. The molecule has 5 nitrogen and oxygen atoms in total. The molecule has 1 fully saturated rings. The molecule has 1 spiro atoms. The van der Waals surface area contributed by atoms with Crippen LogP contribution in [0.2, 0.25) is 0 Å². The number of ether oxygens (including phenoxy) is 2. The molecule has 2 aliphatic rings. The number of hydrogen-bond acceptors (Lipinski definition) is 5. The number of hydrogen-bond donors (Lipinski definition) is 2. The molecular weight excluding hydrogens is 294 g/mol. The zero-order valence-corrected chi connectivity index (χ0v) is 14.8. The molecule has 3 atom stereocenters. The molecule has 2 N–H and O–H groups in total. The highest BCUT2D eigenvalue weighted by molar-refractivity contribution is 5.10. The quantitative estimate of drug-likeness (QED) is 0.666. The highest BCUT2D eigenvalue weighted by atomic mass is 16.7. The number of rotatable bonds is 8. The molecule has 1 heterocycles. The Bertz CT molecular complexity index is 396. The van der Waals surface area contributed by atoms with E-state index in [0.29, 0.717) is 6.61 Å². The van der Waals surface area contributed by atoms with Crippen LogP contribution in [0.25, 0.3) is 0 Å². The minimum absolute atomic E-state index is 0.0156. The standard InChI is InChI=1S/C18H33NO4/c1-4-10-19(5-2)11-16-12-22-18(23-16)8-6-15(7-9-18)17(3,13-20)14-21/h6,8,15-16,20-21H,4-5,7,9-14H2,1-3H3. The van der Waals surface area contributed by atoms with Crippen LogP contribution in [0.5, 0.6) is 0 Å². The van der Waals surface area contributed by atoms with Gasteiger partial charge in [0.2, 0.25) is 0 Å². The molecule has 3 unspecified atom stereocenters. The predicted octanol–water partition coefficient (Wildman–Crippen LogP) is 1.79. The van der Waals surface area contributed by atoms with Crippen molar-refractivity contribution < 1.29 is 19.7 Å². The van der Waals surface area contributed by atoms with Crippen LogP contribution in [0.15, 0.2) is 12.2 Å². The summed E-state index contributed by atoms with van der Waals surface area (Å²) < 4.78 is 12.2. The Hall–Kier alpha value is -0.460. The smallest absolute Gasteiger partial charge is 0.188 e. The average Bonchev–Trinajstić information content (AvgIpc) is 2.96. The Labute approximate surface area is 140 Å². The fourth-order valence-corrected chi connectivity index (χ4v) is 3.54. The average molecular weight is 327 g/mol. The zero-order chi connectivity index (χ0) is 16.9. The molecule has 1 saturated heterocycles. The summed E-state index contributed by atoms with van der Waals surface area (Å²) in [6, 6.07) is 0.